The first-order chi connectivity index (χ1) is 10.5. The van der Waals surface area contributed by atoms with Crippen molar-refractivity contribution in [3.63, 3.8) is 0 Å². The second-order valence-electron chi connectivity index (χ2n) is 4.81. The highest BCUT2D eigenvalue weighted by molar-refractivity contribution is 6.31. The van der Waals surface area contributed by atoms with Crippen LogP contribution in [0, 0.1) is 6.92 Å². The lowest BCUT2D eigenvalue weighted by Gasteiger charge is -2.06. The Kier molecular flexibility index (Phi) is 3.68. The number of hydrogen-bond donors (Lipinski definition) is 1. The molecule has 0 unspecified atom stereocenters. The lowest BCUT2D eigenvalue weighted by atomic mass is 10.1. The summed E-state index contributed by atoms with van der Waals surface area (Å²) in [6.07, 6.45) is 1.64. The van der Waals surface area contributed by atoms with Crippen molar-refractivity contribution >= 4 is 17.6 Å². The summed E-state index contributed by atoms with van der Waals surface area (Å²) in [6, 6.07) is 8.68. The number of nitrogens with zero attached hydrogens (tertiary/aromatic N) is 3. The van der Waals surface area contributed by atoms with Crippen molar-refractivity contribution in [2.24, 2.45) is 0 Å². The fourth-order valence-corrected chi connectivity index (χ4v) is 2.25. The number of aromatic nitrogens is 3. The average molecular weight is 318 g/mol. The summed E-state index contributed by atoms with van der Waals surface area (Å²) in [7, 11) is 0. The zero-order chi connectivity index (χ0) is 15.7. The molecule has 0 spiro atoms. The maximum Gasteiger partial charge on any atom is 0.371 e. The molecule has 3 rings (SSSR count). The van der Waals surface area contributed by atoms with Crippen LogP contribution in [-0.2, 0) is 6.54 Å². The molecule has 0 aliphatic carbocycles. The van der Waals surface area contributed by atoms with Gasteiger partial charge in [-0.25, -0.2) is 9.48 Å². The molecule has 2 heterocycles. The van der Waals surface area contributed by atoms with Gasteiger partial charge in [0.05, 0.1) is 11.9 Å². The number of furan rings is 1. The molecule has 1 N–H and O–H groups in total. The number of aryl methyl sites for hydroxylation is 1. The van der Waals surface area contributed by atoms with Gasteiger partial charge in [-0.1, -0.05) is 22.9 Å². The first kappa shape index (κ1) is 14.3. The van der Waals surface area contributed by atoms with Gasteiger partial charge in [-0.05, 0) is 36.8 Å². The molecule has 6 nitrogen and oxygen atoms in total. The topological polar surface area (TPSA) is 81.2 Å². The van der Waals surface area contributed by atoms with Crippen LogP contribution in [0.1, 0.15) is 21.9 Å². The van der Waals surface area contributed by atoms with E-state index in [1.54, 1.807) is 16.9 Å². The quantitative estimate of drug-likeness (QED) is 0.798. The van der Waals surface area contributed by atoms with Crippen LogP contribution >= 0.6 is 11.6 Å². The molecule has 0 bridgehead atoms. The predicted molar refractivity (Wildman–Crippen MR) is 80.0 cm³/mol. The lowest BCUT2D eigenvalue weighted by Crippen LogP contribution is -2.03. The van der Waals surface area contributed by atoms with Crippen molar-refractivity contribution in [1.29, 1.82) is 0 Å². The molecular formula is C15H12ClN3O3. The van der Waals surface area contributed by atoms with E-state index in [9.17, 15) is 4.79 Å². The maximum atomic E-state index is 10.8. The van der Waals surface area contributed by atoms with Gasteiger partial charge < -0.3 is 9.52 Å². The Morgan fingerprint density at radius 2 is 2.18 bits per heavy atom. The molecule has 0 saturated heterocycles. The highest BCUT2D eigenvalue weighted by Crippen LogP contribution is 2.24. The fraction of sp³-hybridized carbons (Fsp3) is 0.133. The minimum Gasteiger partial charge on any atom is -0.475 e. The van der Waals surface area contributed by atoms with Crippen molar-refractivity contribution in [2.75, 3.05) is 0 Å². The second-order valence-corrected chi connectivity index (χ2v) is 5.22. The highest BCUT2D eigenvalue weighted by atomic mass is 35.5. The number of carbonyl (C=O) groups is 1. The predicted octanol–water partition coefficient (Wildman–Crippen LogP) is 3.25. The van der Waals surface area contributed by atoms with Gasteiger partial charge in [0.25, 0.3) is 0 Å². The summed E-state index contributed by atoms with van der Waals surface area (Å²) in [5.74, 6) is -0.702. The van der Waals surface area contributed by atoms with E-state index in [2.05, 4.69) is 10.3 Å². The number of carboxylic acids is 1. The number of benzene rings is 1. The van der Waals surface area contributed by atoms with Gasteiger partial charge in [-0.3, -0.25) is 0 Å². The van der Waals surface area contributed by atoms with Gasteiger partial charge in [-0.15, -0.1) is 5.10 Å². The number of rotatable bonds is 4. The Balaban J connectivity index is 1.91. The molecule has 0 saturated carbocycles. The highest BCUT2D eigenvalue weighted by Gasteiger charge is 2.13. The van der Waals surface area contributed by atoms with Gasteiger partial charge in [0.15, 0.2) is 0 Å². The van der Waals surface area contributed by atoms with Crippen molar-refractivity contribution in [1.82, 2.24) is 15.0 Å². The van der Waals surface area contributed by atoms with E-state index < -0.39 is 5.97 Å². The van der Waals surface area contributed by atoms with Crippen LogP contribution < -0.4 is 0 Å². The SMILES string of the molecule is Cc1cc(-c2cnnn2Cc2ccc(C(=O)O)o2)ccc1Cl. The minimum atomic E-state index is -1.10. The summed E-state index contributed by atoms with van der Waals surface area (Å²) in [5, 5.41) is 17.5. The van der Waals surface area contributed by atoms with Crippen LogP contribution in [0.4, 0.5) is 0 Å². The lowest BCUT2D eigenvalue weighted by molar-refractivity contribution is 0.0660. The van der Waals surface area contributed by atoms with E-state index in [0.29, 0.717) is 17.3 Å². The van der Waals surface area contributed by atoms with Crippen LogP contribution in [0.5, 0.6) is 0 Å². The van der Waals surface area contributed by atoms with Gasteiger partial charge >= 0.3 is 5.97 Å². The Bertz CT molecular complexity index is 838. The van der Waals surface area contributed by atoms with Gasteiger partial charge in [0, 0.05) is 10.6 Å². The van der Waals surface area contributed by atoms with Crippen molar-refractivity contribution in [3.05, 3.63) is 58.6 Å². The van der Waals surface area contributed by atoms with E-state index in [-0.39, 0.29) is 5.76 Å². The Labute approximate surface area is 130 Å². The van der Waals surface area contributed by atoms with Crippen LogP contribution in [0.25, 0.3) is 11.3 Å². The third kappa shape index (κ3) is 2.73. The normalized spacial score (nSPS) is 10.8. The molecule has 0 aliphatic heterocycles. The van der Waals surface area contributed by atoms with Crippen LogP contribution in [0.3, 0.4) is 0 Å². The van der Waals surface area contributed by atoms with E-state index in [1.165, 1.54) is 6.07 Å². The molecule has 112 valence electrons. The summed E-state index contributed by atoms with van der Waals surface area (Å²) < 4.78 is 6.89. The molecule has 22 heavy (non-hydrogen) atoms. The average Bonchev–Trinajstić information content (AvgIpc) is 3.12. The molecular weight excluding hydrogens is 306 g/mol. The smallest absolute Gasteiger partial charge is 0.371 e. The molecule has 0 radical (unpaired) electrons. The summed E-state index contributed by atoms with van der Waals surface area (Å²) in [5.41, 5.74) is 2.68. The minimum absolute atomic E-state index is 0.0981. The molecule has 0 atom stereocenters. The Morgan fingerprint density at radius 1 is 1.36 bits per heavy atom. The molecule has 0 amide bonds. The zero-order valence-corrected chi connectivity index (χ0v) is 12.4. The van der Waals surface area contributed by atoms with Gasteiger partial charge in [0.2, 0.25) is 5.76 Å². The van der Waals surface area contributed by atoms with E-state index in [1.807, 2.05) is 25.1 Å². The van der Waals surface area contributed by atoms with E-state index >= 15 is 0 Å². The Morgan fingerprint density at radius 3 is 2.86 bits per heavy atom. The largest absolute Gasteiger partial charge is 0.475 e. The maximum absolute atomic E-state index is 10.8. The first-order valence-corrected chi connectivity index (χ1v) is 6.89. The van der Waals surface area contributed by atoms with E-state index in [4.69, 9.17) is 21.1 Å². The van der Waals surface area contributed by atoms with Gasteiger partial charge in [0.1, 0.15) is 12.3 Å². The van der Waals surface area contributed by atoms with Crippen LogP contribution in [0.15, 0.2) is 40.9 Å². The van der Waals surface area contributed by atoms with Crippen LogP contribution in [-0.4, -0.2) is 26.1 Å². The van der Waals surface area contributed by atoms with Crippen molar-refractivity contribution in [3.8, 4) is 11.3 Å². The summed E-state index contributed by atoms with van der Waals surface area (Å²) in [4.78, 5) is 10.8. The zero-order valence-electron chi connectivity index (χ0n) is 11.7. The number of hydrogen-bond acceptors (Lipinski definition) is 4. The number of carboxylic acid groups (broad SMARTS) is 1. The fourth-order valence-electron chi connectivity index (χ4n) is 2.13. The third-order valence-electron chi connectivity index (χ3n) is 3.25. The first-order valence-electron chi connectivity index (χ1n) is 6.51. The van der Waals surface area contributed by atoms with Crippen LogP contribution in [0.2, 0.25) is 5.02 Å². The standard InChI is InChI=1S/C15H12ClN3O3/c1-9-6-10(2-4-12(9)16)13-7-17-18-19(13)8-11-3-5-14(22-11)15(20)21/h2-7H,8H2,1H3,(H,20,21). The monoisotopic (exact) mass is 317 g/mol. The van der Waals surface area contributed by atoms with Crippen molar-refractivity contribution in [2.45, 2.75) is 13.5 Å². The number of aromatic carboxylic acids is 1. The number of halogens is 1. The molecule has 0 aliphatic rings. The second kappa shape index (κ2) is 5.65. The molecule has 2 aromatic heterocycles. The summed E-state index contributed by atoms with van der Waals surface area (Å²) in [6.45, 7) is 2.22. The molecule has 3 aromatic rings. The third-order valence-corrected chi connectivity index (χ3v) is 3.67. The molecule has 0 fully saturated rings. The summed E-state index contributed by atoms with van der Waals surface area (Å²) >= 11 is 6.04. The Hall–Kier alpha value is -2.60. The van der Waals surface area contributed by atoms with Gasteiger partial charge in [-0.2, -0.15) is 0 Å². The molecule has 7 heteroatoms. The van der Waals surface area contributed by atoms with Crippen molar-refractivity contribution < 1.29 is 14.3 Å². The molecule has 1 aromatic carbocycles. The van der Waals surface area contributed by atoms with E-state index in [0.717, 1.165) is 16.8 Å².